The molecule has 0 bridgehead atoms. The summed E-state index contributed by atoms with van der Waals surface area (Å²) < 4.78 is 29.2. The summed E-state index contributed by atoms with van der Waals surface area (Å²) in [5.74, 6) is -1.21. The van der Waals surface area contributed by atoms with E-state index in [0.717, 1.165) is 28.9 Å². The van der Waals surface area contributed by atoms with Gasteiger partial charge >= 0.3 is 0 Å². The summed E-state index contributed by atoms with van der Waals surface area (Å²) in [6.45, 7) is 0.712. The number of nitrogens with zero attached hydrogens (tertiary/aromatic N) is 1. The molecule has 2 aromatic carbocycles. The van der Waals surface area contributed by atoms with Crippen molar-refractivity contribution >= 4 is 27.6 Å². The largest absolute Gasteiger partial charge is 0.493 e. The Kier molecular flexibility index (Phi) is 6.01. The summed E-state index contributed by atoms with van der Waals surface area (Å²) in [6, 6.07) is 12.8. The van der Waals surface area contributed by atoms with Crippen LogP contribution < -0.4 is 10.1 Å². The number of nitrogens with one attached hydrogen (secondary N) is 1. The first-order valence-corrected chi connectivity index (χ1v) is 12.4. The minimum Gasteiger partial charge on any atom is -0.493 e. The van der Waals surface area contributed by atoms with E-state index in [0.29, 0.717) is 6.61 Å². The van der Waals surface area contributed by atoms with E-state index in [9.17, 15) is 22.8 Å². The molecule has 32 heavy (non-hydrogen) atoms. The number of ether oxygens (including phenoxy) is 1. The van der Waals surface area contributed by atoms with Crippen molar-refractivity contribution in [3.05, 3.63) is 65.2 Å². The van der Waals surface area contributed by atoms with Gasteiger partial charge in [-0.2, -0.15) is 0 Å². The van der Waals surface area contributed by atoms with Gasteiger partial charge in [0.25, 0.3) is 11.8 Å². The third-order valence-corrected chi connectivity index (χ3v) is 6.70. The van der Waals surface area contributed by atoms with Crippen LogP contribution in [-0.2, 0) is 21.1 Å². The topological polar surface area (TPSA) is 110 Å². The van der Waals surface area contributed by atoms with Gasteiger partial charge in [0.1, 0.15) is 21.6 Å². The highest BCUT2D eigenvalue weighted by Crippen LogP contribution is 2.28. The summed E-state index contributed by atoms with van der Waals surface area (Å²) in [7, 11) is -3.40. The molecule has 2 atom stereocenters. The second-order valence-electron chi connectivity index (χ2n) is 8.19. The number of amides is 3. The van der Waals surface area contributed by atoms with Crippen LogP contribution in [0.4, 0.5) is 0 Å². The maximum Gasteiger partial charge on any atom is 0.262 e. The minimum atomic E-state index is -3.40. The molecule has 0 saturated carbocycles. The quantitative estimate of drug-likeness (QED) is 0.632. The zero-order chi connectivity index (χ0) is 22.9. The molecule has 4 rings (SSSR count). The number of sulfone groups is 1. The molecule has 2 heterocycles. The first-order chi connectivity index (χ1) is 15.2. The fourth-order valence-electron chi connectivity index (χ4n) is 4.08. The first kappa shape index (κ1) is 22.0. The molecule has 8 nitrogen and oxygen atoms in total. The van der Waals surface area contributed by atoms with Crippen LogP contribution in [-0.4, -0.2) is 62.2 Å². The molecule has 0 aromatic heterocycles. The Labute approximate surface area is 186 Å². The Morgan fingerprint density at radius 2 is 1.72 bits per heavy atom. The molecule has 9 heteroatoms. The van der Waals surface area contributed by atoms with Crippen LogP contribution >= 0.6 is 0 Å². The second kappa shape index (κ2) is 8.74. The van der Waals surface area contributed by atoms with Crippen LogP contribution in [0.1, 0.15) is 32.7 Å². The SMILES string of the molecule is CS(=O)(=O)CC[C@@H](C(=O)NC[C@@H]1COc2ccccc2C1)N1C(=O)c2ccccc2C1=O. The standard InChI is InChI=1S/C23H24N2O6S/c1-32(29,30)11-10-19(25-22(27)17-7-3-4-8-18(17)23(25)28)21(26)24-13-15-12-16-6-2-5-9-20(16)31-14-15/h2-9,15,19H,10-14H2,1H3,(H,24,26)/t15-,19+/m1/s1. The van der Waals surface area contributed by atoms with Crippen LogP contribution in [0.2, 0.25) is 0 Å². The summed E-state index contributed by atoms with van der Waals surface area (Å²) >= 11 is 0. The molecule has 1 N–H and O–H groups in total. The molecule has 0 saturated heterocycles. The molecular formula is C23H24N2O6S. The summed E-state index contributed by atoms with van der Waals surface area (Å²) in [5, 5.41) is 2.80. The van der Waals surface area contributed by atoms with Gasteiger partial charge in [-0.25, -0.2) is 8.42 Å². The zero-order valence-electron chi connectivity index (χ0n) is 17.6. The molecule has 2 aliphatic rings. The molecular weight excluding hydrogens is 432 g/mol. The molecule has 3 amide bonds. The van der Waals surface area contributed by atoms with Crippen molar-refractivity contribution in [1.29, 1.82) is 0 Å². The van der Waals surface area contributed by atoms with Crippen LogP contribution in [0.3, 0.4) is 0 Å². The number of fused-ring (bicyclic) bond motifs is 2. The smallest absolute Gasteiger partial charge is 0.262 e. The molecule has 0 spiro atoms. The Balaban J connectivity index is 1.49. The van der Waals surface area contributed by atoms with Gasteiger partial charge in [0.2, 0.25) is 5.91 Å². The zero-order valence-corrected chi connectivity index (χ0v) is 18.4. The van der Waals surface area contributed by atoms with Gasteiger partial charge in [0.05, 0.1) is 23.5 Å². The van der Waals surface area contributed by atoms with E-state index in [2.05, 4.69) is 5.32 Å². The fourth-order valence-corrected chi connectivity index (χ4v) is 4.73. The van der Waals surface area contributed by atoms with Gasteiger partial charge in [-0.15, -0.1) is 0 Å². The van der Waals surface area contributed by atoms with Crippen molar-refractivity contribution in [3.63, 3.8) is 0 Å². The van der Waals surface area contributed by atoms with Crippen LogP contribution in [0, 0.1) is 5.92 Å². The van der Waals surface area contributed by atoms with Crippen molar-refractivity contribution in [1.82, 2.24) is 10.2 Å². The van der Waals surface area contributed by atoms with Crippen molar-refractivity contribution in [3.8, 4) is 5.75 Å². The Hall–Kier alpha value is -3.20. The van der Waals surface area contributed by atoms with Gasteiger partial charge in [0.15, 0.2) is 0 Å². The van der Waals surface area contributed by atoms with Crippen LogP contribution in [0.5, 0.6) is 5.75 Å². The van der Waals surface area contributed by atoms with Gasteiger partial charge < -0.3 is 10.1 Å². The lowest BCUT2D eigenvalue weighted by molar-refractivity contribution is -0.125. The van der Waals surface area contributed by atoms with Crippen molar-refractivity contribution in [2.24, 2.45) is 5.92 Å². The first-order valence-electron chi connectivity index (χ1n) is 10.4. The molecule has 0 fully saturated rings. The van der Waals surface area contributed by atoms with Crippen LogP contribution in [0.15, 0.2) is 48.5 Å². The van der Waals surface area contributed by atoms with Gasteiger partial charge in [-0.1, -0.05) is 30.3 Å². The number of hydrogen-bond acceptors (Lipinski definition) is 6. The lowest BCUT2D eigenvalue weighted by Gasteiger charge is -2.28. The molecule has 2 aromatic rings. The fraction of sp³-hybridized carbons (Fsp3) is 0.348. The Bertz CT molecular complexity index is 1140. The maximum absolute atomic E-state index is 13.1. The monoisotopic (exact) mass is 456 g/mol. The molecule has 0 unspecified atom stereocenters. The summed E-state index contributed by atoms with van der Waals surface area (Å²) in [6.07, 6.45) is 1.61. The van der Waals surface area contributed by atoms with Gasteiger partial charge in [-0.05, 0) is 36.6 Å². The van der Waals surface area contributed by atoms with E-state index in [1.165, 1.54) is 12.1 Å². The summed E-state index contributed by atoms with van der Waals surface area (Å²) in [5.41, 5.74) is 1.48. The number of hydrogen-bond donors (Lipinski definition) is 1. The average molecular weight is 457 g/mol. The molecule has 0 aliphatic carbocycles. The maximum atomic E-state index is 13.1. The van der Waals surface area contributed by atoms with E-state index in [4.69, 9.17) is 4.74 Å². The number of para-hydroxylation sites is 1. The highest BCUT2D eigenvalue weighted by atomic mass is 32.2. The average Bonchev–Trinajstić information content (AvgIpc) is 3.02. The summed E-state index contributed by atoms with van der Waals surface area (Å²) in [4.78, 5) is 39.7. The Morgan fingerprint density at radius 1 is 1.09 bits per heavy atom. The molecule has 0 radical (unpaired) electrons. The minimum absolute atomic E-state index is 0.0200. The van der Waals surface area contributed by atoms with Crippen molar-refractivity contribution < 1.29 is 27.5 Å². The van der Waals surface area contributed by atoms with E-state index in [1.54, 1.807) is 12.1 Å². The molecule has 168 valence electrons. The number of benzene rings is 2. The third-order valence-electron chi connectivity index (χ3n) is 5.72. The Morgan fingerprint density at radius 3 is 2.38 bits per heavy atom. The number of carbonyl (C=O) groups excluding carboxylic acids is 3. The number of rotatable bonds is 7. The third kappa shape index (κ3) is 4.52. The lowest BCUT2D eigenvalue weighted by atomic mass is 9.96. The second-order valence-corrected chi connectivity index (χ2v) is 10.5. The van der Waals surface area contributed by atoms with E-state index >= 15 is 0 Å². The predicted molar refractivity (Wildman–Crippen MR) is 117 cm³/mol. The predicted octanol–water partition coefficient (Wildman–Crippen LogP) is 1.45. The highest BCUT2D eigenvalue weighted by molar-refractivity contribution is 7.90. The highest BCUT2D eigenvalue weighted by Gasteiger charge is 2.42. The van der Waals surface area contributed by atoms with E-state index in [1.807, 2.05) is 24.3 Å². The lowest BCUT2D eigenvalue weighted by Crippen LogP contribution is -2.51. The van der Waals surface area contributed by atoms with Gasteiger partial charge in [0, 0.05) is 18.7 Å². The van der Waals surface area contributed by atoms with E-state index < -0.39 is 33.6 Å². The van der Waals surface area contributed by atoms with Crippen LogP contribution in [0.25, 0.3) is 0 Å². The van der Waals surface area contributed by atoms with E-state index in [-0.39, 0.29) is 35.8 Å². The number of carbonyl (C=O) groups is 3. The van der Waals surface area contributed by atoms with Gasteiger partial charge in [-0.3, -0.25) is 19.3 Å². The molecule has 2 aliphatic heterocycles. The van der Waals surface area contributed by atoms with Crippen molar-refractivity contribution in [2.45, 2.75) is 18.9 Å². The number of imide groups is 1. The normalized spacial score (nSPS) is 18.5. The van der Waals surface area contributed by atoms with Crippen molar-refractivity contribution in [2.75, 3.05) is 25.2 Å².